The van der Waals surface area contributed by atoms with Crippen molar-refractivity contribution in [3.63, 3.8) is 0 Å². The molecule has 6 nitrogen and oxygen atoms in total. The molecule has 0 spiro atoms. The van der Waals surface area contributed by atoms with Gasteiger partial charge < -0.3 is 14.6 Å². The van der Waals surface area contributed by atoms with Gasteiger partial charge in [0, 0.05) is 38.9 Å². The van der Waals surface area contributed by atoms with Crippen LogP contribution in [-0.2, 0) is 9.59 Å². The zero-order valence-electron chi connectivity index (χ0n) is 13.2. The van der Waals surface area contributed by atoms with Gasteiger partial charge in [0.2, 0.25) is 11.8 Å². The van der Waals surface area contributed by atoms with Crippen molar-refractivity contribution in [2.24, 2.45) is 0 Å². The molecule has 1 aliphatic rings. The van der Waals surface area contributed by atoms with Gasteiger partial charge in [-0.1, -0.05) is 12.1 Å². The predicted octanol–water partition coefficient (Wildman–Crippen LogP) is 2.06. The van der Waals surface area contributed by atoms with Gasteiger partial charge in [-0.15, -0.1) is 0 Å². The molecular formula is C17H21N3O3. The van der Waals surface area contributed by atoms with Crippen LogP contribution in [0.3, 0.4) is 0 Å². The molecule has 2 amide bonds. The smallest absolute Gasteiger partial charge is 0.224 e. The highest BCUT2D eigenvalue weighted by atomic mass is 16.3. The first-order valence-corrected chi connectivity index (χ1v) is 8.01. The molecule has 3 rings (SSSR count). The molecule has 1 saturated heterocycles. The fourth-order valence-electron chi connectivity index (χ4n) is 2.94. The average molecular weight is 315 g/mol. The second-order valence-electron chi connectivity index (χ2n) is 5.91. The maximum Gasteiger partial charge on any atom is 0.224 e. The van der Waals surface area contributed by atoms with E-state index >= 15 is 0 Å². The number of nitrogens with zero attached hydrogens (tertiary/aromatic N) is 2. The number of hydrogen-bond donors (Lipinski definition) is 1. The van der Waals surface area contributed by atoms with Gasteiger partial charge in [0.1, 0.15) is 5.52 Å². The first kappa shape index (κ1) is 15.5. The van der Waals surface area contributed by atoms with Crippen molar-refractivity contribution >= 4 is 22.9 Å². The lowest BCUT2D eigenvalue weighted by atomic mass is 9.96. The van der Waals surface area contributed by atoms with Crippen molar-refractivity contribution in [3.8, 4) is 0 Å². The second-order valence-corrected chi connectivity index (χ2v) is 5.91. The molecule has 1 fully saturated rings. The Morgan fingerprint density at radius 1 is 1.30 bits per heavy atom. The maximum atomic E-state index is 12.1. The number of rotatable bonds is 4. The maximum absolute atomic E-state index is 12.1. The number of hydrogen-bond acceptors (Lipinski definition) is 4. The van der Waals surface area contributed by atoms with Crippen LogP contribution in [0.5, 0.6) is 0 Å². The largest absolute Gasteiger partial charge is 0.440 e. The number of amides is 2. The van der Waals surface area contributed by atoms with Gasteiger partial charge in [0.15, 0.2) is 11.5 Å². The number of para-hydroxylation sites is 2. The monoisotopic (exact) mass is 315 g/mol. The first-order valence-electron chi connectivity index (χ1n) is 8.01. The summed E-state index contributed by atoms with van der Waals surface area (Å²) in [6, 6.07) is 7.76. The molecule has 23 heavy (non-hydrogen) atoms. The van der Waals surface area contributed by atoms with Gasteiger partial charge in [-0.2, -0.15) is 0 Å². The van der Waals surface area contributed by atoms with Crippen LogP contribution in [0.2, 0.25) is 0 Å². The van der Waals surface area contributed by atoms with E-state index in [1.165, 1.54) is 6.92 Å². The molecule has 2 heterocycles. The number of fused-ring (bicyclic) bond motifs is 1. The van der Waals surface area contributed by atoms with Crippen LogP contribution in [0, 0.1) is 0 Å². The van der Waals surface area contributed by atoms with Crippen LogP contribution < -0.4 is 5.32 Å². The normalized spacial score (nSPS) is 15.8. The SMILES string of the molecule is CC(=O)NCCC(=O)N1CCC(c2nc3ccccc3o2)CC1. The Bertz CT molecular complexity index is 669. The number of piperidine rings is 1. The lowest BCUT2D eigenvalue weighted by molar-refractivity contribution is -0.132. The molecular weight excluding hydrogens is 294 g/mol. The highest BCUT2D eigenvalue weighted by Crippen LogP contribution is 2.29. The van der Waals surface area contributed by atoms with E-state index in [0.717, 1.165) is 29.8 Å². The summed E-state index contributed by atoms with van der Waals surface area (Å²) in [6.45, 7) is 3.28. The summed E-state index contributed by atoms with van der Waals surface area (Å²) in [4.78, 5) is 29.3. The Labute approximate surface area is 134 Å². The topological polar surface area (TPSA) is 75.4 Å². The van der Waals surface area contributed by atoms with Crippen LogP contribution >= 0.6 is 0 Å². The third-order valence-corrected chi connectivity index (χ3v) is 4.22. The summed E-state index contributed by atoms with van der Waals surface area (Å²) in [5.41, 5.74) is 1.70. The minimum absolute atomic E-state index is 0.0924. The van der Waals surface area contributed by atoms with Crippen molar-refractivity contribution in [1.29, 1.82) is 0 Å². The van der Waals surface area contributed by atoms with E-state index in [9.17, 15) is 9.59 Å². The third kappa shape index (κ3) is 3.70. The van der Waals surface area contributed by atoms with Crippen LogP contribution in [0.15, 0.2) is 28.7 Å². The zero-order chi connectivity index (χ0) is 16.2. The zero-order valence-corrected chi connectivity index (χ0v) is 13.2. The number of carbonyl (C=O) groups excluding carboxylic acids is 2. The Hall–Kier alpha value is -2.37. The number of aromatic nitrogens is 1. The van der Waals surface area contributed by atoms with Crippen LogP contribution in [0.4, 0.5) is 0 Å². The van der Waals surface area contributed by atoms with Crippen molar-refractivity contribution in [1.82, 2.24) is 15.2 Å². The summed E-state index contributed by atoms with van der Waals surface area (Å²) in [5.74, 6) is 1.03. The first-order chi connectivity index (χ1) is 11.1. The molecule has 2 aromatic rings. The number of benzene rings is 1. The molecule has 6 heteroatoms. The molecule has 1 aromatic heterocycles. The quantitative estimate of drug-likeness (QED) is 0.937. The highest BCUT2D eigenvalue weighted by Gasteiger charge is 2.26. The number of likely N-dealkylation sites (tertiary alicyclic amines) is 1. The van der Waals surface area contributed by atoms with E-state index in [0.29, 0.717) is 26.1 Å². The summed E-state index contributed by atoms with van der Waals surface area (Å²) >= 11 is 0. The highest BCUT2D eigenvalue weighted by molar-refractivity contribution is 5.78. The number of carbonyl (C=O) groups is 2. The molecule has 1 aliphatic heterocycles. The Balaban J connectivity index is 1.53. The van der Waals surface area contributed by atoms with Crippen molar-refractivity contribution in [2.75, 3.05) is 19.6 Å². The predicted molar refractivity (Wildman–Crippen MR) is 85.9 cm³/mol. The second kappa shape index (κ2) is 6.81. The van der Waals surface area contributed by atoms with Gasteiger partial charge in [-0.05, 0) is 25.0 Å². The molecule has 0 radical (unpaired) electrons. The van der Waals surface area contributed by atoms with Crippen LogP contribution in [0.25, 0.3) is 11.1 Å². The van der Waals surface area contributed by atoms with E-state index < -0.39 is 0 Å². The van der Waals surface area contributed by atoms with E-state index in [-0.39, 0.29) is 17.7 Å². The standard InChI is InChI=1S/C17H21N3O3/c1-12(21)18-9-6-16(22)20-10-7-13(8-11-20)17-19-14-4-2-3-5-15(14)23-17/h2-5,13H,6-11H2,1H3,(H,18,21). The van der Waals surface area contributed by atoms with Gasteiger partial charge in [0.25, 0.3) is 0 Å². The van der Waals surface area contributed by atoms with E-state index in [1.807, 2.05) is 29.2 Å². The molecule has 0 aliphatic carbocycles. The molecule has 1 N–H and O–H groups in total. The lowest BCUT2D eigenvalue weighted by Crippen LogP contribution is -2.39. The van der Waals surface area contributed by atoms with Crippen LogP contribution in [-0.4, -0.2) is 41.3 Å². The van der Waals surface area contributed by atoms with Gasteiger partial charge in [0.05, 0.1) is 0 Å². The van der Waals surface area contributed by atoms with Crippen molar-refractivity contribution in [2.45, 2.75) is 32.1 Å². The minimum Gasteiger partial charge on any atom is -0.440 e. The van der Waals surface area contributed by atoms with Gasteiger partial charge >= 0.3 is 0 Å². The Kier molecular flexibility index (Phi) is 4.60. The average Bonchev–Trinajstić information content (AvgIpc) is 2.98. The van der Waals surface area contributed by atoms with E-state index in [2.05, 4.69) is 10.3 Å². The summed E-state index contributed by atoms with van der Waals surface area (Å²) < 4.78 is 5.83. The summed E-state index contributed by atoms with van der Waals surface area (Å²) in [5, 5.41) is 2.65. The minimum atomic E-state index is -0.104. The fraction of sp³-hybridized carbons (Fsp3) is 0.471. The Morgan fingerprint density at radius 3 is 2.74 bits per heavy atom. The third-order valence-electron chi connectivity index (χ3n) is 4.22. The molecule has 0 atom stereocenters. The summed E-state index contributed by atoms with van der Waals surface area (Å²) in [6.07, 6.45) is 2.07. The van der Waals surface area contributed by atoms with Crippen LogP contribution in [0.1, 0.15) is 38.0 Å². The van der Waals surface area contributed by atoms with Gasteiger partial charge in [-0.3, -0.25) is 9.59 Å². The lowest BCUT2D eigenvalue weighted by Gasteiger charge is -2.30. The van der Waals surface area contributed by atoms with E-state index in [4.69, 9.17) is 4.42 Å². The molecule has 1 aromatic carbocycles. The molecule has 0 unspecified atom stereocenters. The van der Waals surface area contributed by atoms with E-state index in [1.54, 1.807) is 0 Å². The molecule has 0 saturated carbocycles. The molecule has 122 valence electrons. The fourth-order valence-corrected chi connectivity index (χ4v) is 2.94. The molecule has 0 bridgehead atoms. The number of nitrogens with one attached hydrogen (secondary N) is 1. The van der Waals surface area contributed by atoms with Crippen molar-refractivity contribution < 1.29 is 14.0 Å². The number of oxazole rings is 1. The van der Waals surface area contributed by atoms with Gasteiger partial charge in [-0.25, -0.2) is 4.98 Å². The summed E-state index contributed by atoms with van der Waals surface area (Å²) in [7, 11) is 0. The Morgan fingerprint density at radius 2 is 2.04 bits per heavy atom. The van der Waals surface area contributed by atoms with Crippen molar-refractivity contribution in [3.05, 3.63) is 30.2 Å².